The Morgan fingerprint density at radius 2 is 1.48 bits per heavy atom. The van der Waals surface area contributed by atoms with Gasteiger partial charge in [0.05, 0.1) is 13.2 Å². The lowest BCUT2D eigenvalue weighted by atomic mass is 9.75. The molecule has 0 aromatic heterocycles. The Labute approximate surface area is 245 Å². The van der Waals surface area contributed by atoms with Crippen LogP contribution in [0.25, 0.3) is 0 Å². The van der Waals surface area contributed by atoms with Gasteiger partial charge in [-0.1, -0.05) is 118 Å². The van der Waals surface area contributed by atoms with Crippen LogP contribution in [0.1, 0.15) is 150 Å². The third-order valence-electron chi connectivity index (χ3n) is 8.22. The molecule has 40 heavy (non-hydrogen) atoms. The maximum Gasteiger partial charge on any atom is 0.351 e. The highest BCUT2D eigenvalue weighted by Crippen LogP contribution is 2.39. The summed E-state index contributed by atoms with van der Waals surface area (Å²) in [7, 11) is 0. The quantitative estimate of drug-likeness (QED) is 0.0533. The van der Waals surface area contributed by atoms with Gasteiger partial charge in [-0.3, -0.25) is 4.79 Å². The highest BCUT2D eigenvalue weighted by molar-refractivity contribution is 5.92. The first kappa shape index (κ1) is 36.2. The number of esters is 3. The second-order valence-electron chi connectivity index (χ2n) is 12.2. The molecule has 232 valence electrons. The predicted molar refractivity (Wildman–Crippen MR) is 162 cm³/mol. The Morgan fingerprint density at radius 3 is 2.10 bits per heavy atom. The average Bonchev–Trinajstić information content (AvgIpc) is 2.94. The van der Waals surface area contributed by atoms with Crippen molar-refractivity contribution in [3.63, 3.8) is 0 Å². The first-order valence-corrected chi connectivity index (χ1v) is 16.5. The van der Waals surface area contributed by atoms with Crippen LogP contribution in [0.2, 0.25) is 0 Å². The Balaban J connectivity index is 2.64. The van der Waals surface area contributed by atoms with Gasteiger partial charge in [-0.2, -0.15) is 0 Å². The summed E-state index contributed by atoms with van der Waals surface area (Å²) in [5.74, 6) is -1.59. The summed E-state index contributed by atoms with van der Waals surface area (Å²) >= 11 is 0. The van der Waals surface area contributed by atoms with E-state index in [2.05, 4.69) is 34.3 Å². The van der Waals surface area contributed by atoms with Crippen LogP contribution in [0.15, 0.2) is 12.7 Å². The summed E-state index contributed by atoms with van der Waals surface area (Å²) in [6.07, 6.45) is 20.2. The Morgan fingerprint density at radius 1 is 0.825 bits per heavy atom. The van der Waals surface area contributed by atoms with Gasteiger partial charge in [0.25, 0.3) is 0 Å². The van der Waals surface area contributed by atoms with Gasteiger partial charge < -0.3 is 14.2 Å². The molecule has 0 spiro atoms. The summed E-state index contributed by atoms with van der Waals surface area (Å²) < 4.78 is 17.2. The minimum absolute atomic E-state index is 0.261. The van der Waals surface area contributed by atoms with Crippen molar-refractivity contribution >= 4 is 17.9 Å². The molecular formula is C34H60O6. The van der Waals surface area contributed by atoms with Crippen molar-refractivity contribution in [1.82, 2.24) is 0 Å². The fraction of sp³-hybridized carbons (Fsp3) is 0.853. The van der Waals surface area contributed by atoms with E-state index in [0.717, 1.165) is 76.2 Å². The maximum atomic E-state index is 13.6. The predicted octanol–water partition coefficient (Wildman–Crippen LogP) is 8.89. The van der Waals surface area contributed by atoms with Crippen LogP contribution >= 0.6 is 0 Å². The fourth-order valence-corrected chi connectivity index (χ4v) is 5.79. The van der Waals surface area contributed by atoms with Gasteiger partial charge in [-0.25, -0.2) is 9.59 Å². The zero-order valence-corrected chi connectivity index (χ0v) is 26.3. The van der Waals surface area contributed by atoms with Crippen molar-refractivity contribution in [1.29, 1.82) is 0 Å². The monoisotopic (exact) mass is 564 g/mol. The first-order valence-electron chi connectivity index (χ1n) is 16.5. The van der Waals surface area contributed by atoms with Crippen molar-refractivity contribution < 1.29 is 28.6 Å². The highest BCUT2D eigenvalue weighted by Gasteiger charge is 2.55. The van der Waals surface area contributed by atoms with Crippen molar-refractivity contribution in [2.45, 2.75) is 155 Å². The van der Waals surface area contributed by atoms with E-state index in [1.807, 2.05) is 0 Å². The lowest BCUT2D eigenvalue weighted by molar-refractivity contribution is -0.199. The van der Waals surface area contributed by atoms with Crippen LogP contribution in [-0.4, -0.2) is 36.7 Å². The number of hydrogen-bond donors (Lipinski definition) is 0. The zero-order chi connectivity index (χ0) is 29.6. The van der Waals surface area contributed by atoms with Crippen LogP contribution in [0.4, 0.5) is 0 Å². The molecule has 0 aromatic rings. The van der Waals surface area contributed by atoms with E-state index in [9.17, 15) is 14.4 Å². The van der Waals surface area contributed by atoms with Crippen molar-refractivity contribution in [2.75, 3.05) is 13.2 Å². The summed E-state index contributed by atoms with van der Waals surface area (Å²) in [6, 6.07) is 0. The van der Waals surface area contributed by atoms with E-state index in [4.69, 9.17) is 14.2 Å². The number of carbonyl (C=O) groups excluding carboxylic acids is 3. The molecule has 0 radical (unpaired) electrons. The van der Waals surface area contributed by atoms with Gasteiger partial charge in [0.1, 0.15) is 5.92 Å². The fourth-order valence-electron chi connectivity index (χ4n) is 5.79. The molecule has 0 bridgehead atoms. The third-order valence-corrected chi connectivity index (χ3v) is 8.22. The molecule has 3 atom stereocenters. The minimum atomic E-state index is -1.64. The molecule has 0 aromatic carbocycles. The van der Waals surface area contributed by atoms with Gasteiger partial charge in [0.2, 0.25) is 5.60 Å². The standard InChI is InChI=1S/C34H60O6/c1-6-9-16-23-29(21-7-2)27-39-33(37)34(40-31(35)8-3)25-19-18-24-30(34)32(36)38-26-20-15-13-11-10-12-14-17-22-28(4)5/h8,28-30H,3,6-7,9-27H2,1-2,4-5H3. The minimum Gasteiger partial charge on any atom is -0.465 e. The molecule has 0 aliphatic heterocycles. The van der Waals surface area contributed by atoms with Gasteiger partial charge >= 0.3 is 17.9 Å². The lowest BCUT2D eigenvalue weighted by Gasteiger charge is -2.39. The molecule has 6 nitrogen and oxygen atoms in total. The van der Waals surface area contributed by atoms with Crippen LogP contribution in [-0.2, 0) is 28.6 Å². The molecule has 1 aliphatic carbocycles. The van der Waals surface area contributed by atoms with Gasteiger partial charge in [-0.15, -0.1) is 0 Å². The van der Waals surface area contributed by atoms with E-state index < -0.39 is 29.4 Å². The number of unbranched alkanes of at least 4 members (excludes halogenated alkanes) is 9. The Hall–Kier alpha value is -1.85. The summed E-state index contributed by atoms with van der Waals surface area (Å²) in [5.41, 5.74) is -1.64. The molecule has 1 aliphatic rings. The van der Waals surface area contributed by atoms with E-state index in [0.29, 0.717) is 19.4 Å². The van der Waals surface area contributed by atoms with E-state index in [1.165, 1.54) is 38.5 Å². The summed E-state index contributed by atoms with van der Waals surface area (Å²) in [5, 5.41) is 0. The third kappa shape index (κ3) is 14.2. The molecule has 1 fully saturated rings. The average molecular weight is 565 g/mol. The topological polar surface area (TPSA) is 78.9 Å². The molecule has 0 N–H and O–H groups in total. The number of carbonyl (C=O) groups is 3. The highest BCUT2D eigenvalue weighted by atomic mass is 16.6. The van der Waals surface area contributed by atoms with E-state index in [-0.39, 0.29) is 18.9 Å². The van der Waals surface area contributed by atoms with E-state index >= 15 is 0 Å². The molecule has 0 saturated heterocycles. The number of rotatable bonds is 23. The smallest absolute Gasteiger partial charge is 0.351 e. The SMILES string of the molecule is C=CC(=O)OC1(C(=O)OCC(CCC)CCCCC)CCCCC1C(=O)OCCCCCCCCCCC(C)C. The molecule has 3 unspecified atom stereocenters. The van der Waals surface area contributed by atoms with Crippen LogP contribution in [0.3, 0.4) is 0 Å². The van der Waals surface area contributed by atoms with Crippen molar-refractivity contribution in [3.05, 3.63) is 12.7 Å². The van der Waals surface area contributed by atoms with Gasteiger partial charge in [0, 0.05) is 6.08 Å². The number of ether oxygens (including phenoxy) is 3. The normalized spacial score (nSPS) is 19.7. The Bertz CT molecular complexity index is 717. The van der Waals surface area contributed by atoms with Crippen LogP contribution < -0.4 is 0 Å². The molecule has 6 heteroatoms. The summed E-state index contributed by atoms with van der Waals surface area (Å²) in [6.45, 7) is 13.0. The molecule has 0 heterocycles. The molecule has 1 rings (SSSR count). The Kier molecular flexibility index (Phi) is 19.8. The maximum absolute atomic E-state index is 13.6. The second kappa shape index (κ2) is 21.8. The van der Waals surface area contributed by atoms with Gasteiger partial charge in [-0.05, 0) is 50.4 Å². The zero-order valence-electron chi connectivity index (χ0n) is 26.3. The lowest BCUT2D eigenvalue weighted by Crippen LogP contribution is -2.55. The van der Waals surface area contributed by atoms with Gasteiger partial charge in [0.15, 0.2) is 0 Å². The second-order valence-corrected chi connectivity index (χ2v) is 12.2. The first-order chi connectivity index (χ1) is 19.3. The molecule has 1 saturated carbocycles. The van der Waals surface area contributed by atoms with E-state index in [1.54, 1.807) is 0 Å². The largest absolute Gasteiger partial charge is 0.465 e. The molecule has 0 amide bonds. The van der Waals surface area contributed by atoms with Crippen molar-refractivity contribution in [3.8, 4) is 0 Å². The van der Waals surface area contributed by atoms with Crippen molar-refractivity contribution in [2.24, 2.45) is 17.8 Å². The van der Waals surface area contributed by atoms with Crippen LogP contribution in [0, 0.1) is 17.8 Å². The van der Waals surface area contributed by atoms with Crippen LogP contribution in [0.5, 0.6) is 0 Å². The summed E-state index contributed by atoms with van der Waals surface area (Å²) in [4.78, 5) is 39.1. The molecular weight excluding hydrogens is 504 g/mol. The number of hydrogen-bond acceptors (Lipinski definition) is 6.